The lowest BCUT2D eigenvalue weighted by molar-refractivity contribution is -0.139. The first-order chi connectivity index (χ1) is 8.20. The molecule has 18 heavy (non-hydrogen) atoms. The summed E-state index contributed by atoms with van der Waals surface area (Å²) >= 11 is 3.36. The van der Waals surface area contributed by atoms with E-state index in [2.05, 4.69) is 36.7 Å². The molecule has 1 atom stereocenters. The van der Waals surface area contributed by atoms with Crippen LogP contribution in [0.2, 0.25) is 0 Å². The van der Waals surface area contributed by atoms with Gasteiger partial charge in [0.15, 0.2) is 0 Å². The smallest absolute Gasteiger partial charge is 0.311 e. The van der Waals surface area contributed by atoms with E-state index in [1.54, 1.807) is 12.1 Å². The fourth-order valence-electron chi connectivity index (χ4n) is 1.84. The summed E-state index contributed by atoms with van der Waals surface area (Å²) in [5, 5.41) is 9.37. The van der Waals surface area contributed by atoms with Gasteiger partial charge in [-0.2, -0.15) is 0 Å². The molecule has 0 fully saturated rings. The number of carbonyl (C=O) groups is 1. The SMILES string of the molecule is CC(C)(C)CCC(C(=O)O)c1cc(Br)ccc1N. The Morgan fingerprint density at radius 1 is 1.44 bits per heavy atom. The van der Waals surface area contributed by atoms with Crippen molar-refractivity contribution < 1.29 is 9.90 Å². The number of anilines is 1. The lowest BCUT2D eigenvalue weighted by atomic mass is 9.84. The quantitative estimate of drug-likeness (QED) is 0.825. The van der Waals surface area contributed by atoms with Gasteiger partial charge in [0, 0.05) is 10.2 Å². The van der Waals surface area contributed by atoms with Crippen LogP contribution in [0.15, 0.2) is 22.7 Å². The first-order valence-electron chi connectivity index (χ1n) is 5.98. The van der Waals surface area contributed by atoms with Crippen LogP contribution < -0.4 is 5.73 Å². The molecule has 0 saturated carbocycles. The molecule has 4 heteroatoms. The third-order valence-corrected chi connectivity index (χ3v) is 3.40. The number of rotatable bonds is 4. The van der Waals surface area contributed by atoms with Crippen LogP contribution in [0, 0.1) is 5.41 Å². The molecule has 0 bridgehead atoms. The number of carboxylic acid groups (broad SMARTS) is 1. The topological polar surface area (TPSA) is 63.3 Å². The average Bonchev–Trinajstić information content (AvgIpc) is 2.21. The molecule has 0 radical (unpaired) electrons. The highest BCUT2D eigenvalue weighted by molar-refractivity contribution is 9.10. The number of carboxylic acids is 1. The van der Waals surface area contributed by atoms with Gasteiger partial charge in [0.25, 0.3) is 0 Å². The summed E-state index contributed by atoms with van der Waals surface area (Å²) in [5.41, 5.74) is 7.24. The minimum atomic E-state index is -0.816. The van der Waals surface area contributed by atoms with Gasteiger partial charge in [-0.15, -0.1) is 0 Å². The minimum absolute atomic E-state index is 0.120. The van der Waals surface area contributed by atoms with E-state index in [1.165, 1.54) is 0 Å². The van der Waals surface area contributed by atoms with Gasteiger partial charge in [0.1, 0.15) is 0 Å². The molecule has 0 aliphatic carbocycles. The molecule has 0 amide bonds. The summed E-state index contributed by atoms with van der Waals surface area (Å²) in [6, 6.07) is 5.37. The second kappa shape index (κ2) is 5.74. The molecule has 0 heterocycles. The molecule has 0 aliphatic heterocycles. The Bertz CT molecular complexity index is 438. The van der Waals surface area contributed by atoms with Crippen molar-refractivity contribution in [1.29, 1.82) is 0 Å². The van der Waals surface area contributed by atoms with Gasteiger partial charge in [-0.25, -0.2) is 0 Å². The molecule has 1 aromatic rings. The highest BCUT2D eigenvalue weighted by Gasteiger charge is 2.24. The van der Waals surface area contributed by atoms with Gasteiger partial charge in [0.2, 0.25) is 0 Å². The first-order valence-corrected chi connectivity index (χ1v) is 6.78. The van der Waals surface area contributed by atoms with Crippen molar-refractivity contribution in [3.63, 3.8) is 0 Å². The van der Waals surface area contributed by atoms with Crippen LogP contribution in [-0.2, 0) is 4.79 Å². The standard InChI is InChI=1S/C14H20BrNO2/c1-14(2,3)7-6-10(13(17)18)11-8-9(15)4-5-12(11)16/h4-5,8,10H,6-7,16H2,1-3H3,(H,17,18). The molecular weight excluding hydrogens is 294 g/mol. The van der Waals surface area contributed by atoms with E-state index in [0.717, 1.165) is 10.9 Å². The number of nitrogens with two attached hydrogens (primary N) is 1. The lowest BCUT2D eigenvalue weighted by Gasteiger charge is -2.22. The fraction of sp³-hybridized carbons (Fsp3) is 0.500. The van der Waals surface area contributed by atoms with Crippen LogP contribution in [0.3, 0.4) is 0 Å². The molecule has 0 saturated heterocycles. The first kappa shape index (κ1) is 15.0. The predicted octanol–water partition coefficient (Wildman–Crippen LogP) is 4.03. The van der Waals surface area contributed by atoms with Gasteiger partial charge in [-0.1, -0.05) is 36.7 Å². The molecule has 1 aromatic carbocycles. The van der Waals surface area contributed by atoms with Crippen molar-refractivity contribution in [1.82, 2.24) is 0 Å². The Morgan fingerprint density at radius 2 is 2.06 bits per heavy atom. The van der Waals surface area contributed by atoms with E-state index in [9.17, 15) is 9.90 Å². The Balaban J connectivity index is 2.98. The Morgan fingerprint density at radius 3 is 2.56 bits per heavy atom. The van der Waals surface area contributed by atoms with Crippen LogP contribution in [0.1, 0.15) is 45.1 Å². The second-order valence-corrected chi connectivity index (χ2v) is 6.68. The van der Waals surface area contributed by atoms with Crippen LogP contribution in [0.4, 0.5) is 5.69 Å². The molecule has 1 unspecified atom stereocenters. The highest BCUT2D eigenvalue weighted by atomic mass is 79.9. The third-order valence-electron chi connectivity index (χ3n) is 2.91. The van der Waals surface area contributed by atoms with E-state index in [4.69, 9.17) is 5.73 Å². The van der Waals surface area contributed by atoms with E-state index < -0.39 is 11.9 Å². The summed E-state index contributed by atoms with van der Waals surface area (Å²) in [4.78, 5) is 11.4. The number of hydrogen-bond donors (Lipinski definition) is 2. The maximum Gasteiger partial charge on any atom is 0.311 e. The van der Waals surface area contributed by atoms with Crippen molar-refractivity contribution in [2.45, 2.75) is 39.5 Å². The molecule has 1 rings (SSSR count). The maximum absolute atomic E-state index is 11.4. The van der Waals surface area contributed by atoms with Crippen molar-refractivity contribution in [3.05, 3.63) is 28.2 Å². The van der Waals surface area contributed by atoms with Gasteiger partial charge in [-0.3, -0.25) is 4.79 Å². The number of halogens is 1. The number of nitrogen functional groups attached to an aromatic ring is 1. The third kappa shape index (κ3) is 4.33. The predicted molar refractivity (Wildman–Crippen MR) is 77.6 cm³/mol. The van der Waals surface area contributed by atoms with E-state index in [0.29, 0.717) is 17.7 Å². The summed E-state index contributed by atoms with van der Waals surface area (Å²) in [7, 11) is 0. The summed E-state index contributed by atoms with van der Waals surface area (Å²) in [6.07, 6.45) is 1.44. The van der Waals surface area contributed by atoms with Gasteiger partial charge < -0.3 is 10.8 Å². The monoisotopic (exact) mass is 313 g/mol. The molecule has 3 nitrogen and oxygen atoms in total. The maximum atomic E-state index is 11.4. The molecule has 3 N–H and O–H groups in total. The fourth-order valence-corrected chi connectivity index (χ4v) is 2.22. The minimum Gasteiger partial charge on any atom is -0.481 e. The molecule has 100 valence electrons. The molecule has 0 aromatic heterocycles. The zero-order valence-electron chi connectivity index (χ0n) is 11.0. The van der Waals surface area contributed by atoms with Crippen molar-refractivity contribution >= 4 is 27.6 Å². The summed E-state index contributed by atoms with van der Waals surface area (Å²) in [6.45, 7) is 6.32. The molecule has 0 aliphatic rings. The van der Waals surface area contributed by atoms with Crippen LogP contribution in [-0.4, -0.2) is 11.1 Å². The Hall–Kier alpha value is -1.03. The zero-order chi connectivity index (χ0) is 13.9. The van der Waals surface area contributed by atoms with E-state index >= 15 is 0 Å². The molecule has 0 spiro atoms. The molecular formula is C14H20BrNO2. The van der Waals surface area contributed by atoms with Crippen LogP contribution in [0.5, 0.6) is 0 Å². The van der Waals surface area contributed by atoms with Crippen LogP contribution >= 0.6 is 15.9 Å². The van der Waals surface area contributed by atoms with Crippen molar-refractivity contribution in [2.24, 2.45) is 5.41 Å². The zero-order valence-corrected chi connectivity index (χ0v) is 12.6. The van der Waals surface area contributed by atoms with Crippen LogP contribution in [0.25, 0.3) is 0 Å². The Kier molecular flexibility index (Phi) is 4.79. The van der Waals surface area contributed by atoms with Crippen molar-refractivity contribution in [2.75, 3.05) is 5.73 Å². The second-order valence-electron chi connectivity index (χ2n) is 5.76. The van der Waals surface area contributed by atoms with E-state index in [-0.39, 0.29) is 5.41 Å². The van der Waals surface area contributed by atoms with Gasteiger partial charge in [-0.05, 0) is 42.0 Å². The largest absolute Gasteiger partial charge is 0.481 e. The number of aliphatic carboxylic acids is 1. The normalized spacial score (nSPS) is 13.3. The summed E-state index contributed by atoms with van der Waals surface area (Å²) < 4.78 is 0.855. The summed E-state index contributed by atoms with van der Waals surface area (Å²) in [5.74, 6) is -1.36. The Labute approximate surface area is 117 Å². The van der Waals surface area contributed by atoms with Gasteiger partial charge in [0.05, 0.1) is 5.92 Å². The van der Waals surface area contributed by atoms with Gasteiger partial charge >= 0.3 is 5.97 Å². The van der Waals surface area contributed by atoms with Crippen molar-refractivity contribution in [3.8, 4) is 0 Å². The number of hydrogen-bond acceptors (Lipinski definition) is 2. The highest BCUT2D eigenvalue weighted by Crippen LogP contribution is 2.33. The average molecular weight is 314 g/mol. The van der Waals surface area contributed by atoms with E-state index in [1.807, 2.05) is 6.07 Å². The lowest BCUT2D eigenvalue weighted by Crippen LogP contribution is -2.16. The number of benzene rings is 1.